The van der Waals surface area contributed by atoms with Gasteiger partial charge in [0.15, 0.2) is 0 Å². The number of carbonyl (C=O) groups is 2. The molecule has 0 aliphatic carbocycles. The van der Waals surface area contributed by atoms with Crippen LogP contribution < -0.4 is 16.0 Å². The summed E-state index contributed by atoms with van der Waals surface area (Å²) in [5.41, 5.74) is 2.48. The van der Waals surface area contributed by atoms with E-state index in [-0.39, 0.29) is 12.5 Å². The molecule has 120 valence electrons. The summed E-state index contributed by atoms with van der Waals surface area (Å²) in [4.78, 5) is 24.7. The molecule has 2 aromatic rings. The van der Waals surface area contributed by atoms with Crippen molar-refractivity contribution in [2.24, 2.45) is 0 Å². The van der Waals surface area contributed by atoms with Crippen LogP contribution in [0.15, 0.2) is 53.4 Å². The Bertz CT molecular complexity index is 704. The van der Waals surface area contributed by atoms with Gasteiger partial charge in [-0.3, -0.25) is 4.79 Å². The van der Waals surface area contributed by atoms with E-state index in [9.17, 15) is 9.59 Å². The van der Waals surface area contributed by atoms with Crippen LogP contribution in [0, 0.1) is 6.92 Å². The molecule has 0 unspecified atom stereocenters. The number of hydrogen-bond acceptors (Lipinski definition) is 3. The van der Waals surface area contributed by atoms with E-state index >= 15 is 0 Å². The van der Waals surface area contributed by atoms with Gasteiger partial charge in [-0.1, -0.05) is 24.3 Å². The van der Waals surface area contributed by atoms with E-state index < -0.39 is 6.03 Å². The fourth-order valence-electron chi connectivity index (χ4n) is 2.00. The number of benzene rings is 2. The summed E-state index contributed by atoms with van der Waals surface area (Å²) in [5.74, 6) is -0.272. The number of anilines is 2. The Kier molecular flexibility index (Phi) is 6.05. The maximum atomic E-state index is 11.9. The molecular formula is C17H19N3O2S. The quantitative estimate of drug-likeness (QED) is 0.736. The minimum atomic E-state index is -0.413. The highest BCUT2D eigenvalue weighted by Crippen LogP contribution is 2.24. The lowest BCUT2D eigenvalue weighted by Gasteiger charge is -2.10. The molecule has 5 nitrogen and oxygen atoms in total. The predicted octanol–water partition coefficient (Wildman–Crippen LogP) is 3.48. The van der Waals surface area contributed by atoms with Crippen LogP contribution in [0.2, 0.25) is 0 Å². The molecular weight excluding hydrogens is 310 g/mol. The van der Waals surface area contributed by atoms with Crippen molar-refractivity contribution in [2.45, 2.75) is 11.8 Å². The van der Waals surface area contributed by atoms with Crippen LogP contribution in [0.5, 0.6) is 0 Å². The van der Waals surface area contributed by atoms with Crippen LogP contribution in [0.3, 0.4) is 0 Å². The predicted molar refractivity (Wildman–Crippen MR) is 95.1 cm³/mol. The van der Waals surface area contributed by atoms with Crippen molar-refractivity contribution in [2.75, 3.05) is 23.4 Å². The Morgan fingerprint density at radius 1 is 1.04 bits per heavy atom. The van der Waals surface area contributed by atoms with Crippen molar-refractivity contribution >= 4 is 35.1 Å². The van der Waals surface area contributed by atoms with Crippen molar-refractivity contribution in [3.8, 4) is 0 Å². The van der Waals surface area contributed by atoms with E-state index in [1.165, 1.54) is 0 Å². The number of hydrogen-bond donors (Lipinski definition) is 3. The number of urea groups is 1. The molecule has 3 amide bonds. The van der Waals surface area contributed by atoms with Crippen LogP contribution in [0.1, 0.15) is 5.56 Å². The summed E-state index contributed by atoms with van der Waals surface area (Å²) in [6, 6.07) is 14.6. The third kappa shape index (κ3) is 5.34. The zero-order chi connectivity index (χ0) is 16.7. The highest BCUT2D eigenvalue weighted by molar-refractivity contribution is 7.98. The lowest BCUT2D eigenvalue weighted by Crippen LogP contribution is -2.35. The fourth-order valence-corrected chi connectivity index (χ4v) is 2.55. The number of carbonyl (C=O) groups excluding carboxylic acids is 2. The average Bonchev–Trinajstić information content (AvgIpc) is 2.53. The van der Waals surface area contributed by atoms with Gasteiger partial charge in [-0.2, -0.15) is 0 Å². The van der Waals surface area contributed by atoms with Gasteiger partial charge in [0.05, 0.1) is 12.2 Å². The van der Waals surface area contributed by atoms with Crippen LogP contribution in [-0.4, -0.2) is 24.7 Å². The maximum Gasteiger partial charge on any atom is 0.319 e. The molecule has 2 rings (SSSR count). The Labute approximate surface area is 139 Å². The Balaban J connectivity index is 1.83. The van der Waals surface area contributed by atoms with Gasteiger partial charge in [0.2, 0.25) is 5.91 Å². The molecule has 23 heavy (non-hydrogen) atoms. The van der Waals surface area contributed by atoms with Crippen molar-refractivity contribution in [1.82, 2.24) is 5.32 Å². The zero-order valence-corrected chi connectivity index (χ0v) is 13.9. The molecule has 6 heteroatoms. The number of nitrogens with one attached hydrogen (secondary N) is 3. The first-order valence-corrected chi connectivity index (χ1v) is 8.35. The summed E-state index contributed by atoms with van der Waals surface area (Å²) >= 11 is 1.55. The highest BCUT2D eigenvalue weighted by Gasteiger charge is 2.08. The molecule has 0 heterocycles. The molecule has 0 spiro atoms. The van der Waals surface area contributed by atoms with E-state index in [2.05, 4.69) is 16.0 Å². The molecule has 0 fully saturated rings. The van der Waals surface area contributed by atoms with E-state index in [0.29, 0.717) is 5.69 Å². The van der Waals surface area contributed by atoms with Crippen LogP contribution in [-0.2, 0) is 4.79 Å². The molecule has 0 aromatic heterocycles. The van der Waals surface area contributed by atoms with Gasteiger partial charge >= 0.3 is 6.03 Å². The van der Waals surface area contributed by atoms with E-state index in [0.717, 1.165) is 16.1 Å². The second-order valence-electron chi connectivity index (χ2n) is 4.93. The molecule has 0 saturated heterocycles. The molecule has 3 N–H and O–H groups in total. The van der Waals surface area contributed by atoms with E-state index in [1.807, 2.05) is 55.6 Å². The monoisotopic (exact) mass is 329 g/mol. The van der Waals surface area contributed by atoms with Crippen molar-refractivity contribution in [3.63, 3.8) is 0 Å². The summed E-state index contributed by atoms with van der Waals surface area (Å²) in [5, 5.41) is 8.02. The SMILES string of the molecule is CSc1ccccc1NC(=O)CNC(=O)Nc1cccc(C)c1. The van der Waals surface area contributed by atoms with Crippen molar-refractivity contribution in [1.29, 1.82) is 0 Å². The summed E-state index contributed by atoms with van der Waals surface area (Å²) in [7, 11) is 0. The first kappa shape index (κ1) is 16.9. The van der Waals surface area contributed by atoms with Crippen molar-refractivity contribution in [3.05, 3.63) is 54.1 Å². The highest BCUT2D eigenvalue weighted by atomic mass is 32.2. The topological polar surface area (TPSA) is 70.2 Å². The maximum absolute atomic E-state index is 11.9. The first-order valence-electron chi connectivity index (χ1n) is 7.13. The minimum absolute atomic E-state index is 0.0969. The van der Waals surface area contributed by atoms with Crippen molar-refractivity contribution < 1.29 is 9.59 Å². The van der Waals surface area contributed by atoms with Crippen LogP contribution in [0.25, 0.3) is 0 Å². The summed E-state index contributed by atoms with van der Waals surface area (Å²) in [6.07, 6.45) is 1.94. The van der Waals surface area contributed by atoms with Gasteiger partial charge in [0, 0.05) is 10.6 Å². The number of aryl methyl sites for hydroxylation is 1. The number of thioether (sulfide) groups is 1. The fraction of sp³-hybridized carbons (Fsp3) is 0.176. The van der Waals surface area contributed by atoms with Gasteiger partial charge in [0.25, 0.3) is 0 Å². The lowest BCUT2D eigenvalue weighted by molar-refractivity contribution is -0.115. The third-order valence-electron chi connectivity index (χ3n) is 3.07. The summed E-state index contributed by atoms with van der Waals surface area (Å²) < 4.78 is 0. The molecule has 0 radical (unpaired) electrons. The van der Waals surface area contributed by atoms with E-state index in [4.69, 9.17) is 0 Å². The second-order valence-corrected chi connectivity index (χ2v) is 5.77. The zero-order valence-electron chi connectivity index (χ0n) is 13.1. The Morgan fingerprint density at radius 3 is 2.57 bits per heavy atom. The van der Waals surface area contributed by atoms with Crippen LogP contribution >= 0.6 is 11.8 Å². The minimum Gasteiger partial charge on any atom is -0.329 e. The molecule has 0 aliphatic rings. The number of para-hydroxylation sites is 1. The van der Waals surface area contributed by atoms with Gasteiger partial charge in [-0.05, 0) is 43.0 Å². The van der Waals surface area contributed by atoms with E-state index in [1.54, 1.807) is 17.8 Å². The normalized spacial score (nSPS) is 10.0. The molecule has 2 aromatic carbocycles. The lowest BCUT2D eigenvalue weighted by atomic mass is 10.2. The third-order valence-corrected chi connectivity index (χ3v) is 3.86. The molecule has 0 aliphatic heterocycles. The number of rotatable bonds is 5. The number of amides is 3. The molecule has 0 saturated carbocycles. The Hall–Kier alpha value is -2.47. The molecule has 0 bridgehead atoms. The van der Waals surface area contributed by atoms with Gasteiger partial charge in [-0.25, -0.2) is 4.79 Å². The first-order chi connectivity index (χ1) is 11.1. The average molecular weight is 329 g/mol. The van der Waals surface area contributed by atoms with Gasteiger partial charge in [-0.15, -0.1) is 11.8 Å². The standard InChI is InChI=1S/C17H19N3O2S/c1-12-6-5-7-13(10-12)19-17(22)18-11-16(21)20-14-8-3-4-9-15(14)23-2/h3-10H,11H2,1-2H3,(H,20,21)(H2,18,19,22). The van der Waals surface area contributed by atoms with Gasteiger partial charge < -0.3 is 16.0 Å². The second kappa shape index (κ2) is 8.24. The van der Waals surface area contributed by atoms with Crippen LogP contribution in [0.4, 0.5) is 16.2 Å². The smallest absolute Gasteiger partial charge is 0.319 e. The molecule has 0 atom stereocenters. The Morgan fingerprint density at radius 2 is 1.83 bits per heavy atom. The largest absolute Gasteiger partial charge is 0.329 e. The van der Waals surface area contributed by atoms with Gasteiger partial charge in [0.1, 0.15) is 0 Å². The summed E-state index contributed by atoms with van der Waals surface area (Å²) in [6.45, 7) is 1.85.